The van der Waals surface area contributed by atoms with E-state index in [1.54, 1.807) is 12.1 Å². The molecule has 0 atom stereocenters. The van der Waals surface area contributed by atoms with Crippen molar-refractivity contribution in [2.45, 2.75) is 39.5 Å². The molecule has 1 rings (SSSR count). The second-order valence-corrected chi connectivity index (χ2v) is 5.03. The summed E-state index contributed by atoms with van der Waals surface area (Å²) in [4.78, 5) is 16.2. The summed E-state index contributed by atoms with van der Waals surface area (Å²) in [5.41, 5.74) is 1.43. The third-order valence-electron chi connectivity index (χ3n) is 2.71. The highest BCUT2D eigenvalue weighted by Gasteiger charge is 2.08. The van der Waals surface area contributed by atoms with Gasteiger partial charge in [0.05, 0.1) is 0 Å². The Bertz CT molecular complexity index is 424. The topological polar surface area (TPSA) is 51.2 Å². The molecule has 5 heteroatoms. The lowest BCUT2D eigenvalue weighted by atomic mass is 10.1. The Hall–Kier alpha value is -1.13. The summed E-state index contributed by atoms with van der Waals surface area (Å²) >= 11 is 5.94. The summed E-state index contributed by atoms with van der Waals surface area (Å²) in [6.07, 6.45) is 3.63. The Morgan fingerprint density at radius 1 is 1.30 bits per heavy atom. The van der Waals surface area contributed by atoms with Gasteiger partial charge in [0.15, 0.2) is 0 Å². The largest absolute Gasteiger partial charge is 0.381 e. The second-order valence-electron chi connectivity index (χ2n) is 4.64. The van der Waals surface area contributed by atoms with Gasteiger partial charge in [0.1, 0.15) is 5.15 Å². The number of aryl methyl sites for hydroxylation is 1. The number of amides is 1. The Morgan fingerprint density at radius 2 is 2.10 bits per heavy atom. The van der Waals surface area contributed by atoms with E-state index in [1.165, 1.54) is 0 Å². The predicted octanol–water partition coefficient (Wildman–Crippen LogP) is 3.23. The van der Waals surface area contributed by atoms with Gasteiger partial charge in [-0.3, -0.25) is 4.79 Å². The number of hydrogen-bond donors (Lipinski definition) is 1. The maximum absolute atomic E-state index is 12.0. The van der Waals surface area contributed by atoms with Gasteiger partial charge < -0.3 is 10.1 Å². The van der Waals surface area contributed by atoms with Gasteiger partial charge in [0.2, 0.25) is 0 Å². The van der Waals surface area contributed by atoms with E-state index >= 15 is 0 Å². The molecule has 0 spiro atoms. The molecule has 0 aliphatic carbocycles. The average molecular weight is 299 g/mol. The molecule has 4 nitrogen and oxygen atoms in total. The van der Waals surface area contributed by atoms with Crippen LogP contribution in [0.15, 0.2) is 12.1 Å². The molecule has 1 amide bonds. The van der Waals surface area contributed by atoms with Crippen molar-refractivity contribution >= 4 is 17.5 Å². The molecule has 0 aliphatic rings. The normalized spacial score (nSPS) is 10.6. The summed E-state index contributed by atoms with van der Waals surface area (Å²) in [5.74, 6) is -0.109. The Labute approximate surface area is 125 Å². The molecule has 0 fully saturated rings. The number of nitrogens with zero attached hydrogens (tertiary/aromatic N) is 1. The van der Waals surface area contributed by atoms with Crippen molar-refractivity contribution in [1.82, 2.24) is 10.3 Å². The fourth-order valence-corrected chi connectivity index (χ4v) is 2.02. The molecule has 0 aromatic carbocycles. The standard InChI is InChI=1S/C15H23ClN2O2/c1-3-6-13-10-12(11-14(16)18-13)15(19)17-7-5-9-20-8-4-2/h10-11H,3-9H2,1-2H3,(H,17,19). The monoisotopic (exact) mass is 298 g/mol. The molecule has 0 radical (unpaired) electrons. The zero-order valence-electron chi connectivity index (χ0n) is 12.2. The van der Waals surface area contributed by atoms with Gasteiger partial charge in [-0.1, -0.05) is 31.9 Å². The van der Waals surface area contributed by atoms with Crippen LogP contribution in [0.3, 0.4) is 0 Å². The molecular weight excluding hydrogens is 276 g/mol. The Kier molecular flexibility index (Phi) is 8.23. The number of carbonyl (C=O) groups is 1. The average Bonchev–Trinajstić information content (AvgIpc) is 2.42. The van der Waals surface area contributed by atoms with Gasteiger partial charge in [-0.15, -0.1) is 0 Å². The van der Waals surface area contributed by atoms with Crippen molar-refractivity contribution in [2.75, 3.05) is 19.8 Å². The molecule has 1 aromatic heterocycles. The minimum absolute atomic E-state index is 0.109. The first-order valence-corrected chi connectivity index (χ1v) is 7.57. The van der Waals surface area contributed by atoms with Crippen LogP contribution < -0.4 is 5.32 Å². The molecule has 20 heavy (non-hydrogen) atoms. The van der Waals surface area contributed by atoms with E-state index in [-0.39, 0.29) is 5.91 Å². The van der Waals surface area contributed by atoms with Crippen LogP contribution in [0.4, 0.5) is 0 Å². The van der Waals surface area contributed by atoms with Crippen LogP contribution in [-0.2, 0) is 11.2 Å². The highest BCUT2D eigenvalue weighted by Crippen LogP contribution is 2.12. The van der Waals surface area contributed by atoms with Crippen molar-refractivity contribution < 1.29 is 9.53 Å². The smallest absolute Gasteiger partial charge is 0.251 e. The van der Waals surface area contributed by atoms with Gasteiger partial charge in [-0.2, -0.15) is 0 Å². The summed E-state index contributed by atoms with van der Waals surface area (Å²) in [5, 5.41) is 3.24. The summed E-state index contributed by atoms with van der Waals surface area (Å²) < 4.78 is 5.36. The number of aromatic nitrogens is 1. The van der Waals surface area contributed by atoms with E-state index in [2.05, 4.69) is 24.1 Å². The van der Waals surface area contributed by atoms with Gasteiger partial charge in [0.25, 0.3) is 5.91 Å². The summed E-state index contributed by atoms with van der Waals surface area (Å²) in [6, 6.07) is 3.40. The van der Waals surface area contributed by atoms with Crippen LogP contribution in [0, 0.1) is 0 Å². The first-order chi connectivity index (χ1) is 9.67. The van der Waals surface area contributed by atoms with E-state index in [0.29, 0.717) is 23.9 Å². The lowest BCUT2D eigenvalue weighted by Gasteiger charge is -2.07. The summed E-state index contributed by atoms with van der Waals surface area (Å²) in [7, 11) is 0. The number of pyridine rings is 1. The van der Waals surface area contributed by atoms with E-state index in [4.69, 9.17) is 16.3 Å². The van der Waals surface area contributed by atoms with Crippen molar-refractivity contribution in [2.24, 2.45) is 0 Å². The number of nitrogens with one attached hydrogen (secondary N) is 1. The van der Waals surface area contributed by atoms with Crippen LogP contribution in [0.25, 0.3) is 0 Å². The minimum Gasteiger partial charge on any atom is -0.381 e. The van der Waals surface area contributed by atoms with Gasteiger partial charge in [0, 0.05) is 31.0 Å². The second kappa shape index (κ2) is 9.72. The third kappa shape index (κ3) is 6.35. The van der Waals surface area contributed by atoms with Crippen molar-refractivity contribution in [1.29, 1.82) is 0 Å². The van der Waals surface area contributed by atoms with E-state index in [0.717, 1.165) is 38.0 Å². The van der Waals surface area contributed by atoms with Crippen molar-refractivity contribution in [3.8, 4) is 0 Å². The molecule has 1 aromatic rings. The first kappa shape index (κ1) is 16.9. The molecule has 0 saturated carbocycles. The molecule has 112 valence electrons. The lowest BCUT2D eigenvalue weighted by Crippen LogP contribution is -2.25. The van der Waals surface area contributed by atoms with Crippen LogP contribution in [0.1, 0.15) is 49.2 Å². The molecule has 0 aliphatic heterocycles. The van der Waals surface area contributed by atoms with Crippen molar-refractivity contribution in [3.05, 3.63) is 28.5 Å². The number of hydrogen-bond acceptors (Lipinski definition) is 3. The molecular formula is C15H23ClN2O2. The molecule has 0 bridgehead atoms. The van der Waals surface area contributed by atoms with Crippen molar-refractivity contribution in [3.63, 3.8) is 0 Å². The number of carbonyl (C=O) groups excluding carboxylic acids is 1. The number of rotatable bonds is 9. The molecule has 0 unspecified atom stereocenters. The van der Waals surface area contributed by atoms with Crippen LogP contribution in [0.2, 0.25) is 5.15 Å². The van der Waals surface area contributed by atoms with E-state index in [1.807, 2.05) is 0 Å². The zero-order valence-corrected chi connectivity index (χ0v) is 13.0. The zero-order chi connectivity index (χ0) is 14.8. The number of halogens is 1. The van der Waals surface area contributed by atoms with E-state index < -0.39 is 0 Å². The summed E-state index contributed by atoms with van der Waals surface area (Å²) in [6.45, 7) is 6.19. The lowest BCUT2D eigenvalue weighted by molar-refractivity contribution is 0.0941. The van der Waals surface area contributed by atoms with Gasteiger partial charge in [-0.25, -0.2) is 4.98 Å². The highest BCUT2D eigenvalue weighted by molar-refractivity contribution is 6.29. The quantitative estimate of drug-likeness (QED) is 0.562. The van der Waals surface area contributed by atoms with Crippen LogP contribution in [0.5, 0.6) is 0 Å². The fraction of sp³-hybridized carbons (Fsp3) is 0.600. The molecule has 0 saturated heterocycles. The molecule has 1 N–H and O–H groups in total. The number of ether oxygens (including phenoxy) is 1. The van der Waals surface area contributed by atoms with Gasteiger partial charge in [-0.05, 0) is 31.4 Å². The first-order valence-electron chi connectivity index (χ1n) is 7.19. The SMILES string of the molecule is CCCOCCCNC(=O)c1cc(Cl)nc(CCC)c1. The maximum atomic E-state index is 12.0. The Morgan fingerprint density at radius 3 is 2.80 bits per heavy atom. The van der Waals surface area contributed by atoms with Crippen LogP contribution >= 0.6 is 11.6 Å². The van der Waals surface area contributed by atoms with Crippen LogP contribution in [-0.4, -0.2) is 30.6 Å². The maximum Gasteiger partial charge on any atom is 0.251 e. The third-order valence-corrected chi connectivity index (χ3v) is 2.91. The van der Waals surface area contributed by atoms with E-state index in [9.17, 15) is 4.79 Å². The van der Waals surface area contributed by atoms with Gasteiger partial charge >= 0.3 is 0 Å². The molecule has 1 heterocycles. The fourth-order valence-electron chi connectivity index (χ4n) is 1.79. The highest BCUT2D eigenvalue weighted by atomic mass is 35.5. The minimum atomic E-state index is -0.109. The Balaban J connectivity index is 2.42. The predicted molar refractivity (Wildman–Crippen MR) is 81.3 cm³/mol.